The van der Waals surface area contributed by atoms with Gasteiger partial charge in [0.25, 0.3) is 0 Å². The number of halogens is 1. The molecule has 1 unspecified atom stereocenters. The second-order valence-corrected chi connectivity index (χ2v) is 4.32. The molecule has 0 saturated heterocycles. The van der Waals surface area contributed by atoms with Crippen molar-refractivity contribution in [2.24, 2.45) is 5.92 Å². The Hall–Kier alpha value is -2.21. The van der Waals surface area contributed by atoms with Crippen LogP contribution in [0.15, 0.2) is 33.5 Å². The van der Waals surface area contributed by atoms with Gasteiger partial charge in [-0.2, -0.15) is 0 Å². The zero-order chi connectivity index (χ0) is 14.0. The Morgan fingerprint density at radius 2 is 2.21 bits per heavy atom. The maximum absolute atomic E-state index is 13.0. The molecule has 2 N–H and O–H groups in total. The highest BCUT2D eigenvalue weighted by Gasteiger charge is 2.16. The number of amides is 1. The van der Waals surface area contributed by atoms with Crippen LogP contribution in [0.5, 0.6) is 0 Å². The van der Waals surface area contributed by atoms with Gasteiger partial charge in [-0.05, 0) is 24.6 Å². The zero-order valence-electron chi connectivity index (χ0n) is 10.1. The molecule has 0 saturated carbocycles. The summed E-state index contributed by atoms with van der Waals surface area (Å²) >= 11 is 0. The Bertz CT molecular complexity index is 680. The van der Waals surface area contributed by atoms with Crippen LogP contribution in [0.3, 0.4) is 0 Å². The van der Waals surface area contributed by atoms with Gasteiger partial charge in [0.15, 0.2) is 0 Å². The van der Waals surface area contributed by atoms with Gasteiger partial charge in [0.1, 0.15) is 11.4 Å². The van der Waals surface area contributed by atoms with E-state index in [1.54, 1.807) is 13.0 Å². The molecule has 0 aliphatic carbocycles. The van der Waals surface area contributed by atoms with Gasteiger partial charge in [-0.3, -0.25) is 10.0 Å². The average molecular weight is 265 g/mol. The number of fused-ring (bicyclic) bond motifs is 1. The van der Waals surface area contributed by atoms with E-state index in [1.165, 1.54) is 17.6 Å². The van der Waals surface area contributed by atoms with Gasteiger partial charge < -0.3 is 4.42 Å². The lowest BCUT2D eigenvalue weighted by Gasteiger charge is -2.08. The van der Waals surface area contributed by atoms with Gasteiger partial charge in [-0.1, -0.05) is 6.92 Å². The maximum atomic E-state index is 13.0. The maximum Gasteiger partial charge on any atom is 0.339 e. The first kappa shape index (κ1) is 13.2. The second kappa shape index (κ2) is 5.19. The first-order chi connectivity index (χ1) is 9.01. The minimum atomic E-state index is -0.615. The highest BCUT2D eigenvalue weighted by Crippen LogP contribution is 2.16. The summed E-state index contributed by atoms with van der Waals surface area (Å²) in [6, 6.07) is 5.44. The third-order valence-electron chi connectivity index (χ3n) is 2.85. The number of hydrogen-bond acceptors (Lipinski definition) is 4. The third kappa shape index (κ3) is 2.79. The molecule has 0 spiro atoms. The van der Waals surface area contributed by atoms with Crippen LogP contribution in [0, 0.1) is 11.7 Å². The number of hydrogen-bond donors (Lipinski definition) is 2. The summed E-state index contributed by atoms with van der Waals surface area (Å²) in [5.74, 6) is -1.65. The third-order valence-corrected chi connectivity index (χ3v) is 2.85. The number of carbonyl (C=O) groups is 1. The van der Waals surface area contributed by atoms with E-state index < -0.39 is 23.3 Å². The van der Waals surface area contributed by atoms with E-state index in [0.29, 0.717) is 10.9 Å². The molecule has 1 heterocycles. The highest BCUT2D eigenvalue weighted by atomic mass is 19.1. The quantitative estimate of drug-likeness (QED) is 0.502. The smallest absolute Gasteiger partial charge is 0.339 e. The van der Waals surface area contributed by atoms with Crippen LogP contribution >= 0.6 is 0 Å². The number of rotatable bonds is 3. The van der Waals surface area contributed by atoms with Crippen LogP contribution in [0.2, 0.25) is 0 Å². The van der Waals surface area contributed by atoms with Gasteiger partial charge in [0.05, 0.1) is 0 Å². The summed E-state index contributed by atoms with van der Waals surface area (Å²) in [6.45, 7) is 1.57. The predicted octanol–water partition coefficient (Wildman–Crippen LogP) is 1.62. The van der Waals surface area contributed by atoms with Crippen molar-refractivity contribution in [3.05, 3.63) is 46.1 Å². The summed E-state index contributed by atoms with van der Waals surface area (Å²) in [7, 11) is 0. The Morgan fingerprint density at radius 1 is 1.47 bits per heavy atom. The normalized spacial score (nSPS) is 12.4. The lowest BCUT2D eigenvalue weighted by Crippen LogP contribution is -2.28. The van der Waals surface area contributed by atoms with E-state index in [4.69, 9.17) is 9.62 Å². The molecule has 1 amide bonds. The van der Waals surface area contributed by atoms with Crippen LogP contribution in [0.4, 0.5) is 4.39 Å². The Kier molecular flexibility index (Phi) is 3.62. The lowest BCUT2D eigenvalue weighted by molar-refractivity contribution is -0.132. The van der Waals surface area contributed by atoms with Crippen molar-refractivity contribution < 1.29 is 18.8 Å². The van der Waals surface area contributed by atoms with Gasteiger partial charge in [-0.25, -0.2) is 14.7 Å². The molecule has 0 radical (unpaired) electrons. The Morgan fingerprint density at radius 3 is 2.89 bits per heavy atom. The summed E-state index contributed by atoms with van der Waals surface area (Å²) < 4.78 is 18.0. The van der Waals surface area contributed by atoms with Crippen molar-refractivity contribution in [1.82, 2.24) is 5.48 Å². The van der Waals surface area contributed by atoms with Crippen molar-refractivity contribution in [3.8, 4) is 0 Å². The molecule has 1 atom stereocenters. The van der Waals surface area contributed by atoms with Crippen LogP contribution < -0.4 is 11.1 Å². The minimum absolute atomic E-state index is 0.127. The Balaban J connectivity index is 2.39. The topological polar surface area (TPSA) is 79.5 Å². The van der Waals surface area contributed by atoms with Crippen LogP contribution in [-0.2, 0) is 11.2 Å². The van der Waals surface area contributed by atoms with Crippen molar-refractivity contribution in [2.45, 2.75) is 13.3 Å². The average Bonchev–Trinajstić information content (AvgIpc) is 2.38. The SMILES string of the molecule is CC(Cc1cc2ccc(F)cc2oc1=O)C(=O)NO. The molecular weight excluding hydrogens is 253 g/mol. The van der Waals surface area contributed by atoms with E-state index in [1.807, 2.05) is 0 Å². The summed E-state index contributed by atoms with van der Waals surface area (Å²) in [5, 5.41) is 9.09. The summed E-state index contributed by atoms with van der Waals surface area (Å²) in [4.78, 5) is 22.9. The molecule has 1 aromatic heterocycles. The standard InChI is InChI=1S/C13H12FNO4/c1-7(12(16)15-18)4-9-5-8-2-3-10(14)6-11(8)19-13(9)17/h2-3,5-7,18H,4H2,1H3,(H,15,16). The molecule has 0 fully saturated rings. The van der Waals surface area contributed by atoms with E-state index in [2.05, 4.69) is 0 Å². The first-order valence-corrected chi connectivity index (χ1v) is 5.67. The van der Waals surface area contributed by atoms with Gasteiger partial charge >= 0.3 is 5.63 Å². The fourth-order valence-electron chi connectivity index (χ4n) is 1.80. The second-order valence-electron chi connectivity index (χ2n) is 4.32. The van der Waals surface area contributed by atoms with Gasteiger partial charge in [0, 0.05) is 22.9 Å². The molecule has 0 aliphatic heterocycles. The van der Waals surface area contributed by atoms with Crippen LogP contribution in [-0.4, -0.2) is 11.1 Å². The summed E-state index contributed by atoms with van der Waals surface area (Å²) in [6.07, 6.45) is 0.127. The minimum Gasteiger partial charge on any atom is -0.422 e. The molecule has 6 heteroatoms. The number of hydroxylamine groups is 1. The molecule has 19 heavy (non-hydrogen) atoms. The molecule has 0 aliphatic rings. The van der Waals surface area contributed by atoms with Crippen molar-refractivity contribution in [1.29, 1.82) is 0 Å². The van der Waals surface area contributed by atoms with Crippen molar-refractivity contribution >= 4 is 16.9 Å². The van der Waals surface area contributed by atoms with Crippen LogP contribution in [0.25, 0.3) is 11.0 Å². The Labute approximate surface area is 107 Å². The molecular formula is C13H12FNO4. The van der Waals surface area contributed by atoms with Crippen molar-refractivity contribution in [3.63, 3.8) is 0 Å². The fourth-order valence-corrected chi connectivity index (χ4v) is 1.80. The molecule has 2 rings (SSSR count). The molecule has 2 aromatic rings. The molecule has 1 aromatic carbocycles. The van der Waals surface area contributed by atoms with E-state index >= 15 is 0 Å². The van der Waals surface area contributed by atoms with Crippen LogP contribution in [0.1, 0.15) is 12.5 Å². The molecule has 0 bridgehead atoms. The predicted molar refractivity (Wildman–Crippen MR) is 65.2 cm³/mol. The summed E-state index contributed by atoms with van der Waals surface area (Å²) in [5.41, 5.74) is 1.37. The lowest BCUT2D eigenvalue weighted by atomic mass is 10.0. The van der Waals surface area contributed by atoms with E-state index in [-0.39, 0.29) is 12.0 Å². The van der Waals surface area contributed by atoms with E-state index in [0.717, 1.165) is 6.07 Å². The molecule has 100 valence electrons. The fraction of sp³-hybridized carbons (Fsp3) is 0.231. The number of nitrogens with one attached hydrogen (secondary N) is 1. The van der Waals surface area contributed by atoms with Gasteiger partial charge in [-0.15, -0.1) is 0 Å². The zero-order valence-corrected chi connectivity index (χ0v) is 10.1. The first-order valence-electron chi connectivity index (χ1n) is 5.67. The number of carbonyl (C=O) groups excluding carboxylic acids is 1. The monoisotopic (exact) mass is 265 g/mol. The molecule has 5 nitrogen and oxygen atoms in total. The largest absolute Gasteiger partial charge is 0.422 e. The highest BCUT2D eigenvalue weighted by molar-refractivity contribution is 5.78. The number of benzene rings is 1. The van der Waals surface area contributed by atoms with E-state index in [9.17, 15) is 14.0 Å². The van der Waals surface area contributed by atoms with Gasteiger partial charge in [0.2, 0.25) is 5.91 Å². The van der Waals surface area contributed by atoms with Crippen molar-refractivity contribution in [2.75, 3.05) is 0 Å².